The molecule has 6 heteroatoms. The van der Waals surface area contributed by atoms with Crippen LogP contribution < -0.4 is 0 Å². The third-order valence-electron chi connectivity index (χ3n) is 5.15. The summed E-state index contributed by atoms with van der Waals surface area (Å²) in [7, 11) is 2.06. The van der Waals surface area contributed by atoms with E-state index in [2.05, 4.69) is 55.9 Å². The van der Waals surface area contributed by atoms with Gasteiger partial charge in [-0.3, -0.25) is 10.0 Å². The van der Waals surface area contributed by atoms with Crippen LogP contribution in [0.4, 0.5) is 0 Å². The van der Waals surface area contributed by atoms with Gasteiger partial charge < -0.3 is 0 Å². The Kier molecular flexibility index (Phi) is 5.35. The van der Waals surface area contributed by atoms with Gasteiger partial charge in [0.2, 0.25) is 0 Å². The molecular weight excluding hydrogens is 312 g/mol. The first kappa shape index (κ1) is 17.8. The first-order valence-corrected chi connectivity index (χ1v) is 9.36. The van der Waals surface area contributed by atoms with Crippen LogP contribution in [0.3, 0.4) is 0 Å². The molecule has 0 N–H and O–H groups in total. The zero-order valence-electron chi connectivity index (χ0n) is 16.1. The Morgan fingerprint density at radius 3 is 2.72 bits per heavy atom. The topological polar surface area (TPSA) is 58.7 Å². The molecule has 25 heavy (non-hydrogen) atoms. The predicted molar refractivity (Wildman–Crippen MR) is 102 cm³/mol. The second-order valence-electron chi connectivity index (χ2n) is 7.63. The quantitative estimate of drug-likeness (QED) is 0.797. The average Bonchev–Trinajstić information content (AvgIpc) is 3.07. The van der Waals surface area contributed by atoms with E-state index in [1.165, 1.54) is 5.71 Å². The summed E-state index contributed by atoms with van der Waals surface area (Å²) in [6.07, 6.45) is 9.82. The van der Waals surface area contributed by atoms with E-state index in [0.717, 1.165) is 37.3 Å². The highest BCUT2D eigenvalue weighted by Crippen LogP contribution is 2.26. The molecule has 0 fully saturated rings. The fourth-order valence-corrected chi connectivity index (χ4v) is 3.66. The Hall–Kier alpha value is -1.98. The standard InChI is InChI=1S/C19H30N6/c1-13(2)12-17-21-19(25(23-17)18-8-6-7-11-20-18)10-9-16-14(3)22-24(5)15(16)4/h6-7,11,13,15-16,18H,8-10,12H2,1-5H3. The molecule has 1 aromatic heterocycles. The van der Waals surface area contributed by atoms with E-state index in [9.17, 15) is 0 Å². The maximum atomic E-state index is 4.86. The van der Waals surface area contributed by atoms with Crippen LogP contribution in [-0.4, -0.2) is 44.8 Å². The highest BCUT2D eigenvalue weighted by molar-refractivity contribution is 5.86. The third kappa shape index (κ3) is 3.99. The van der Waals surface area contributed by atoms with Crippen LogP contribution in [0, 0.1) is 11.8 Å². The van der Waals surface area contributed by atoms with Gasteiger partial charge in [0, 0.05) is 44.2 Å². The van der Waals surface area contributed by atoms with Crippen molar-refractivity contribution >= 4 is 11.9 Å². The largest absolute Gasteiger partial charge is 0.297 e. The van der Waals surface area contributed by atoms with Gasteiger partial charge in [-0.05, 0) is 32.3 Å². The van der Waals surface area contributed by atoms with E-state index in [-0.39, 0.29) is 6.17 Å². The van der Waals surface area contributed by atoms with E-state index in [4.69, 9.17) is 10.1 Å². The van der Waals surface area contributed by atoms with Crippen molar-refractivity contribution in [1.82, 2.24) is 19.8 Å². The smallest absolute Gasteiger partial charge is 0.151 e. The van der Waals surface area contributed by atoms with Gasteiger partial charge in [-0.15, -0.1) is 0 Å². The van der Waals surface area contributed by atoms with Crippen molar-refractivity contribution in [3.05, 3.63) is 23.8 Å². The molecule has 0 aliphatic carbocycles. The number of hydrazone groups is 1. The average molecular weight is 342 g/mol. The van der Waals surface area contributed by atoms with Gasteiger partial charge in [0.25, 0.3) is 0 Å². The van der Waals surface area contributed by atoms with Crippen LogP contribution in [-0.2, 0) is 12.8 Å². The highest BCUT2D eigenvalue weighted by Gasteiger charge is 2.30. The van der Waals surface area contributed by atoms with Crippen LogP contribution in [0.15, 0.2) is 22.2 Å². The monoisotopic (exact) mass is 342 g/mol. The lowest BCUT2D eigenvalue weighted by molar-refractivity contribution is 0.258. The summed E-state index contributed by atoms with van der Waals surface area (Å²) in [5, 5.41) is 11.5. The molecule has 0 aromatic carbocycles. The van der Waals surface area contributed by atoms with Crippen molar-refractivity contribution in [2.75, 3.05) is 7.05 Å². The van der Waals surface area contributed by atoms with Crippen molar-refractivity contribution in [1.29, 1.82) is 0 Å². The summed E-state index contributed by atoms with van der Waals surface area (Å²) in [5.41, 5.74) is 1.22. The lowest BCUT2D eigenvalue weighted by Crippen LogP contribution is -2.28. The van der Waals surface area contributed by atoms with Gasteiger partial charge in [-0.25, -0.2) is 9.67 Å². The van der Waals surface area contributed by atoms with Gasteiger partial charge in [-0.2, -0.15) is 10.2 Å². The van der Waals surface area contributed by atoms with Crippen LogP contribution in [0.5, 0.6) is 0 Å². The van der Waals surface area contributed by atoms with E-state index in [1.54, 1.807) is 0 Å². The summed E-state index contributed by atoms with van der Waals surface area (Å²) in [4.78, 5) is 9.45. The summed E-state index contributed by atoms with van der Waals surface area (Å²) >= 11 is 0. The molecule has 136 valence electrons. The van der Waals surface area contributed by atoms with Gasteiger partial charge in [0.05, 0.1) is 6.04 Å². The van der Waals surface area contributed by atoms with Gasteiger partial charge in [0.15, 0.2) is 5.82 Å². The number of rotatable bonds is 6. The van der Waals surface area contributed by atoms with E-state index < -0.39 is 0 Å². The molecule has 2 aliphatic rings. The SMILES string of the molecule is CC1=NN(C)C(C)C1CCc1nc(CC(C)C)nn1C1CC=CC=N1. The molecule has 1 aromatic rings. The van der Waals surface area contributed by atoms with E-state index in [1.807, 2.05) is 17.0 Å². The molecule has 3 rings (SSSR count). The molecule has 3 unspecified atom stereocenters. The van der Waals surface area contributed by atoms with Crippen LogP contribution in [0.1, 0.15) is 58.4 Å². The lowest BCUT2D eigenvalue weighted by Gasteiger charge is -2.21. The Morgan fingerprint density at radius 2 is 2.12 bits per heavy atom. The first-order valence-electron chi connectivity index (χ1n) is 9.36. The molecule has 0 bridgehead atoms. The Morgan fingerprint density at radius 1 is 1.32 bits per heavy atom. The minimum atomic E-state index is 0.0480. The fraction of sp³-hybridized carbons (Fsp3) is 0.684. The normalized spacial score (nSPS) is 25.9. The molecule has 0 saturated heterocycles. The summed E-state index contributed by atoms with van der Waals surface area (Å²) < 4.78 is 2.05. The predicted octanol–water partition coefficient (Wildman–Crippen LogP) is 3.26. The fourth-order valence-electron chi connectivity index (χ4n) is 3.66. The third-order valence-corrected chi connectivity index (χ3v) is 5.15. The van der Waals surface area contributed by atoms with E-state index in [0.29, 0.717) is 17.9 Å². The number of aryl methyl sites for hydroxylation is 1. The second kappa shape index (κ2) is 7.50. The molecule has 3 heterocycles. The van der Waals surface area contributed by atoms with Crippen LogP contribution in [0.2, 0.25) is 0 Å². The van der Waals surface area contributed by atoms with Crippen molar-refractivity contribution < 1.29 is 0 Å². The molecule has 6 nitrogen and oxygen atoms in total. The number of allylic oxidation sites excluding steroid dienone is 1. The molecule has 0 spiro atoms. The summed E-state index contributed by atoms with van der Waals surface area (Å²) in [5.74, 6) is 3.04. The molecule has 0 saturated carbocycles. The zero-order chi connectivity index (χ0) is 18.0. The molecule has 3 atom stereocenters. The zero-order valence-corrected chi connectivity index (χ0v) is 16.1. The number of nitrogens with zero attached hydrogens (tertiary/aromatic N) is 6. The minimum absolute atomic E-state index is 0.0480. The molecule has 0 amide bonds. The number of aromatic nitrogens is 3. The molecule has 2 aliphatic heterocycles. The Balaban J connectivity index is 1.77. The van der Waals surface area contributed by atoms with Gasteiger partial charge in [-0.1, -0.05) is 19.9 Å². The van der Waals surface area contributed by atoms with Crippen molar-refractivity contribution in [3.63, 3.8) is 0 Å². The Labute approximate surface area is 150 Å². The number of dihydropyridines is 1. The lowest BCUT2D eigenvalue weighted by atomic mass is 9.92. The number of hydrogen-bond acceptors (Lipinski definition) is 5. The summed E-state index contributed by atoms with van der Waals surface area (Å²) in [6, 6.07) is 0.446. The van der Waals surface area contributed by atoms with Crippen molar-refractivity contribution in [2.45, 2.75) is 65.6 Å². The number of hydrogen-bond donors (Lipinski definition) is 0. The van der Waals surface area contributed by atoms with Crippen LogP contribution in [0.25, 0.3) is 0 Å². The maximum absolute atomic E-state index is 4.86. The Bertz CT molecular complexity index is 684. The van der Waals surface area contributed by atoms with Gasteiger partial charge in [0.1, 0.15) is 12.0 Å². The van der Waals surface area contributed by atoms with Gasteiger partial charge >= 0.3 is 0 Å². The molecule has 0 radical (unpaired) electrons. The van der Waals surface area contributed by atoms with Crippen LogP contribution >= 0.6 is 0 Å². The van der Waals surface area contributed by atoms with Crippen molar-refractivity contribution in [2.24, 2.45) is 21.9 Å². The second-order valence-corrected chi connectivity index (χ2v) is 7.63. The molecular formula is C19H30N6. The van der Waals surface area contributed by atoms with Crippen molar-refractivity contribution in [3.8, 4) is 0 Å². The number of aliphatic imine (C=N–C) groups is 1. The summed E-state index contributed by atoms with van der Waals surface area (Å²) in [6.45, 7) is 8.79. The maximum Gasteiger partial charge on any atom is 0.151 e. The first-order chi connectivity index (χ1) is 12.0. The minimum Gasteiger partial charge on any atom is -0.297 e. The van der Waals surface area contributed by atoms with E-state index >= 15 is 0 Å². The highest BCUT2D eigenvalue weighted by atomic mass is 15.5.